The molecule has 0 atom stereocenters. The van der Waals surface area contributed by atoms with Gasteiger partial charge in [-0.3, -0.25) is 0 Å². The largest absolute Gasteiger partial charge is 0.310 e. The molecule has 0 saturated carbocycles. The van der Waals surface area contributed by atoms with Crippen LogP contribution in [-0.2, 0) is 0 Å². The maximum Gasteiger partial charge on any atom is 0.0540 e. The van der Waals surface area contributed by atoms with Gasteiger partial charge >= 0.3 is 0 Å². The van der Waals surface area contributed by atoms with Gasteiger partial charge in [0.05, 0.1) is 11.4 Å². The number of anilines is 6. The Morgan fingerprint density at radius 1 is 0.340 bits per heavy atom. The van der Waals surface area contributed by atoms with Gasteiger partial charge < -0.3 is 9.80 Å². The summed E-state index contributed by atoms with van der Waals surface area (Å²) < 4.78 is 0. The van der Waals surface area contributed by atoms with E-state index in [0.717, 1.165) is 56.4 Å². The number of para-hydroxylation sites is 1. The van der Waals surface area contributed by atoms with Crippen molar-refractivity contribution in [3.8, 4) is 11.1 Å². The van der Waals surface area contributed by atoms with E-state index in [9.17, 15) is 0 Å². The maximum atomic E-state index is 4.05. The lowest BCUT2D eigenvalue weighted by molar-refractivity contribution is 1.29. The molecule has 2 nitrogen and oxygen atoms in total. The van der Waals surface area contributed by atoms with Gasteiger partial charge in [0.2, 0.25) is 0 Å². The van der Waals surface area contributed by atoms with Crippen LogP contribution < -0.4 is 9.80 Å². The van der Waals surface area contributed by atoms with Gasteiger partial charge in [0.25, 0.3) is 0 Å². The zero-order chi connectivity index (χ0) is 33.9. The molecule has 0 radical (unpaired) electrons. The van der Waals surface area contributed by atoms with E-state index >= 15 is 0 Å². The zero-order valence-corrected chi connectivity index (χ0v) is 27.8. The molecule has 238 valence electrons. The Balaban J connectivity index is 1.17. The third kappa shape index (κ3) is 5.74. The van der Waals surface area contributed by atoms with Crippen molar-refractivity contribution in [2.75, 3.05) is 9.80 Å². The molecule has 0 aliphatic carbocycles. The standard InChI is InChI=1S/C48H36N2/c1-3-35-21-28-41(29-22-35)50(47-20-12-14-39-13-8-9-18-45(39)47)43-32-25-38(26-33-43)37-23-30-42(31-24-37)49(40-15-6-5-7-16-40)48-34-27-36(4-2)44-17-10-11-19-46(44)48/h3-34H,1-2H2. The van der Waals surface area contributed by atoms with E-state index in [2.05, 4.69) is 205 Å². The van der Waals surface area contributed by atoms with Crippen LogP contribution >= 0.6 is 0 Å². The summed E-state index contributed by atoms with van der Waals surface area (Å²) >= 11 is 0. The highest BCUT2D eigenvalue weighted by Gasteiger charge is 2.18. The van der Waals surface area contributed by atoms with Gasteiger partial charge in [-0.05, 0) is 93.7 Å². The zero-order valence-electron chi connectivity index (χ0n) is 27.8. The fourth-order valence-corrected chi connectivity index (χ4v) is 6.88. The number of rotatable bonds is 9. The van der Waals surface area contributed by atoms with E-state index in [0.29, 0.717) is 0 Å². The molecule has 0 heterocycles. The van der Waals surface area contributed by atoms with Crippen LogP contribution in [0.15, 0.2) is 195 Å². The third-order valence-electron chi connectivity index (χ3n) is 9.39. The van der Waals surface area contributed by atoms with Crippen LogP contribution in [0, 0.1) is 0 Å². The van der Waals surface area contributed by atoms with Crippen molar-refractivity contribution in [3.05, 3.63) is 206 Å². The highest BCUT2D eigenvalue weighted by molar-refractivity contribution is 6.03. The Labute approximate surface area is 294 Å². The van der Waals surface area contributed by atoms with Crippen LogP contribution in [0.3, 0.4) is 0 Å². The molecular weight excluding hydrogens is 605 g/mol. The van der Waals surface area contributed by atoms with Crippen LogP contribution in [0.25, 0.3) is 44.8 Å². The van der Waals surface area contributed by atoms with Crippen LogP contribution in [0.1, 0.15) is 11.1 Å². The molecule has 2 heteroatoms. The van der Waals surface area contributed by atoms with Crippen molar-refractivity contribution >= 4 is 67.8 Å². The minimum absolute atomic E-state index is 1.10. The Bertz CT molecular complexity index is 2390. The summed E-state index contributed by atoms with van der Waals surface area (Å²) in [4.78, 5) is 4.67. The Hall–Kier alpha value is -6.64. The molecule has 50 heavy (non-hydrogen) atoms. The first kappa shape index (κ1) is 30.7. The first-order chi connectivity index (χ1) is 24.7. The van der Waals surface area contributed by atoms with E-state index in [1.807, 2.05) is 12.2 Å². The molecular formula is C48H36N2. The molecule has 0 aliphatic rings. The number of fused-ring (bicyclic) bond motifs is 2. The molecule has 8 aromatic rings. The van der Waals surface area contributed by atoms with E-state index in [4.69, 9.17) is 0 Å². The second-order valence-corrected chi connectivity index (χ2v) is 12.3. The van der Waals surface area contributed by atoms with E-state index in [1.54, 1.807) is 0 Å². The summed E-state index contributed by atoms with van der Waals surface area (Å²) in [6, 6.07) is 64.9. The predicted octanol–water partition coefficient (Wildman–Crippen LogP) is 13.9. The first-order valence-corrected chi connectivity index (χ1v) is 16.9. The SMILES string of the molecule is C=Cc1ccc(N(c2ccc(-c3ccc(N(c4ccccc4)c4ccc(C=C)c5ccccc45)cc3)cc2)c2cccc3ccccc23)cc1. The molecule has 0 aromatic heterocycles. The van der Waals surface area contributed by atoms with Gasteiger partial charge in [-0.25, -0.2) is 0 Å². The molecule has 0 unspecified atom stereocenters. The van der Waals surface area contributed by atoms with Crippen molar-refractivity contribution in [2.45, 2.75) is 0 Å². The van der Waals surface area contributed by atoms with Gasteiger partial charge in [-0.2, -0.15) is 0 Å². The lowest BCUT2D eigenvalue weighted by Crippen LogP contribution is -2.10. The molecule has 0 N–H and O–H groups in total. The van der Waals surface area contributed by atoms with Crippen molar-refractivity contribution in [3.63, 3.8) is 0 Å². The van der Waals surface area contributed by atoms with Gasteiger partial charge in [0, 0.05) is 33.5 Å². The maximum absolute atomic E-state index is 4.05. The normalized spacial score (nSPS) is 11.0. The Morgan fingerprint density at radius 3 is 1.42 bits per heavy atom. The molecule has 0 spiro atoms. The molecule has 0 aliphatic heterocycles. The fraction of sp³-hybridized carbons (Fsp3) is 0. The number of nitrogens with zero attached hydrogens (tertiary/aromatic N) is 2. The topological polar surface area (TPSA) is 6.48 Å². The highest BCUT2D eigenvalue weighted by Crippen LogP contribution is 2.42. The minimum Gasteiger partial charge on any atom is -0.310 e. The Morgan fingerprint density at radius 2 is 0.820 bits per heavy atom. The molecule has 0 saturated heterocycles. The van der Waals surface area contributed by atoms with Crippen LogP contribution in [0.2, 0.25) is 0 Å². The van der Waals surface area contributed by atoms with Gasteiger partial charge in [0.15, 0.2) is 0 Å². The Kier molecular flexibility index (Phi) is 8.26. The summed E-state index contributed by atoms with van der Waals surface area (Å²) in [5.74, 6) is 0. The average molecular weight is 641 g/mol. The van der Waals surface area contributed by atoms with Crippen LogP contribution in [0.4, 0.5) is 34.1 Å². The van der Waals surface area contributed by atoms with Crippen molar-refractivity contribution in [1.29, 1.82) is 0 Å². The molecule has 8 aromatic carbocycles. The monoisotopic (exact) mass is 640 g/mol. The van der Waals surface area contributed by atoms with Crippen molar-refractivity contribution < 1.29 is 0 Å². The molecule has 0 bridgehead atoms. The minimum atomic E-state index is 1.10. The van der Waals surface area contributed by atoms with Gasteiger partial charge in [0.1, 0.15) is 0 Å². The summed E-state index contributed by atoms with van der Waals surface area (Å²) in [7, 11) is 0. The molecule has 0 fully saturated rings. The van der Waals surface area contributed by atoms with Crippen molar-refractivity contribution in [2.24, 2.45) is 0 Å². The number of hydrogen-bond acceptors (Lipinski definition) is 2. The van der Waals surface area contributed by atoms with Gasteiger partial charge in [-0.15, -0.1) is 0 Å². The van der Waals surface area contributed by atoms with E-state index < -0.39 is 0 Å². The summed E-state index contributed by atoms with van der Waals surface area (Å²) in [6.45, 7) is 8.00. The smallest absolute Gasteiger partial charge is 0.0540 e. The fourth-order valence-electron chi connectivity index (χ4n) is 6.88. The van der Waals surface area contributed by atoms with E-state index in [-0.39, 0.29) is 0 Å². The quantitative estimate of drug-likeness (QED) is 0.155. The second kappa shape index (κ2) is 13.5. The number of hydrogen-bond donors (Lipinski definition) is 0. The van der Waals surface area contributed by atoms with Gasteiger partial charge in [-0.1, -0.05) is 147 Å². The lowest BCUT2D eigenvalue weighted by atomic mass is 10.0. The third-order valence-corrected chi connectivity index (χ3v) is 9.39. The summed E-state index contributed by atoms with van der Waals surface area (Å²) in [6.07, 6.45) is 3.81. The lowest BCUT2D eigenvalue weighted by Gasteiger charge is -2.28. The molecule has 0 amide bonds. The summed E-state index contributed by atoms with van der Waals surface area (Å²) in [5, 5.41) is 4.79. The first-order valence-electron chi connectivity index (χ1n) is 16.9. The summed E-state index contributed by atoms with van der Waals surface area (Å²) in [5.41, 5.74) is 11.2. The van der Waals surface area contributed by atoms with E-state index in [1.165, 1.54) is 21.5 Å². The van der Waals surface area contributed by atoms with Crippen LogP contribution in [-0.4, -0.2) is 0 Å². The highest BCUT2D eigenvalue weighted by atomic mass is 15.1. The second-order valence-electron chi connectivity index (χ2n) is 12.3. The van der Waals surface area contributed by atoms with Crippen molar-refractivity contribution in [1.82, 2.24) is 0 Å². The average Bonchev–Trinajstić information content (AvgIpc) is 3.19. The molecule has 8 rings (SSSR count). The number of benzene rings is 8. The van der Waals surface area contributed by atoms with Crippen LogP contribution in [0.5, 0.6) is 0 Å². The predicted molar refractivity (Wildman–Crippen MR) is 216 cm³/mol.